The smallest absolute Gasteiger partial charge is 0.246 e. The van der Waals surface area contributed by atoms with Crippen molar-refractivity contribution >= 4 is 21.8 Å². The molecule has 0 spiro atoms. The number of hydrogen-bond acceptors (Lipinski definition) is 5. The molecule has 6 nitrogen and oxygen atoms in total. The fourth-order valence-electron chi connectivity index (χ4n) is 3.20. The minimum Gasteiger partial charge on any atom is -0.337 e. The molecule has 132 valence electrons. The molecule has 0 aliphatic heterocycles. The molecule has 1 unspecified atom stereocenters. The van der Waals surface area contributed by atoms with E-state index in [2.05, 4.69) is 26.9 Å². The fraction of sp³-hybridized carbons (Fsp3) is 0.250. The first-order valence-corrected chi connectivity index (χ1v) is 8.66. The molecule has 0 saturated heterocycles. The van der Waals surface area contributed by atoms with Crippen LogP contribution in [0.4, 0.5) is 0 Å². The summed E-state index contributed by atoms with van der Waals surface area (Å²) in [5.41, 5.74) is 1.76. The highest BCUT2D eigenvalue weighted by atomic mass is 16.5. The summed E-state index contributed by atoms with van der Waals surface area (Å²) in [6, 6.07) is 15.5. The first kappa shape index (κ1) is 16.5. The van der Waals surface area contributed by atoms with Crippen LogP contribution in [0, 0.1) is 0 Å². The Morgan fingerprint density at radius 3 is 2.31 bits per heavy atom. The quantitative estimate of drug-likeness (QED) is 0.562. The van der Waals surface area contributed by atoms with Crippen LogP contribution in [0.15, 0.2) is 57.8 Å². The maximum atomic E-state index is 12.8. The van der Waals surface area contributed by atoms with Gasteiger partial charge in [0.1, 0.15) is 6.54 Å². The molecule has 6 heteroatoms. The van der Waals surface area contributed by atoms with Gasteiger partial charge in [-0.1, -0.05) is 29.4 Å². The van der Waals surface area contributed by atoms with Gasteiger partial charge in [0.25, 0.3) is 0 Å². The third-order valence-corrected chi connectivity index (χ3v) is 4.66. The SMILES string of the molecule is CNC(C)Cc1noc(Cn2c3ccccc3c(=O)c3ccccc32)n1. The van der Waals surface area contributed by atoms with Crippen LogP contribution < -0.4 is 10.7 Å². The predicted molar refractivity (Wildman–Crippen MR) is 101 cm³/mol. The molecule has 0 aliphatic carbocycles. The highest BCUT2D eigenvalue weighted by Gasteiger charge is 2.14. The van der Waals surface area contributed by atoms with Gasteiger partial charge in [0.05, 0.1) is 11.0 Å². The summed E-state index contributed by atoms with van der Waals surface area (Å²) < 4.78 is 7.51. The summed E-state index contributed by atoms with van der Waals surface area (Å²) in [6.07, 6.45) is 0.700. The number of aromatic nitrogens is 3. The Morgan fingerprint density at radius 2 is 1.69 bits per heavy atom. The molecule has 0 saturated carbocycles. The summed E-state index contributed by atoms with van der Waals surface area (Å²) in [5.74, 6) is 1.21. The molecule has 4 aromatic rings. The Morgan fingerprint density at radius 1 is 1.08 bits per heavy atom. The lowest BCUT2D eigenvalue weighted by Gasteiger charge is -2.13. The number of hydrogen-bond donors (Lipinski definition) is 1. The molecule has 0 fully saturated rings. The Bertz CT molecular complexity index is 1070. The number of para-hydroxylation sites is 2. The molecule has 1 N–H and O–H groups in total. The van der Waals surface area contributed by atoms with Gasteiger partial charge in [-0.05, 0) is 38.2 Å². The zero-order valence-electron chi connectivity index (χ0n) is 14.8. The van der Waals surface area contributed by atoms with E-state index in [-0.39, 0.29) is 11.5 Å². The molecule has 0 aliphatic rings. The summed E-state index contributed by atoms with van der Waals surface area (Å²) >= 11 is 0. The van der Waals surface area contributed by atoms with Crippen molar-refractivity contribution < 1.29 is 4.52 Å². The van der Waals surface area contributed by atoms with Gasteiger partial charge < -0.3 is 14.4 Å². The maximum absolute atomic E-state index is 12.8. The first-order chi connectivity index (χ1) is 12.7. The van der Waals surface area contributed by atoms with Crippen molar-refractivity contribution in [3.05, 3.63) is 70.5 Å². The summed E-state index contributed by atoms with van der Waals surface area (Å²) in [6.45, 7) is 2.49. The number of fused-ring (bicyclic) bond motifs is 2. The van der Waals surface area contributed by atoms with E-state index in [1.807, 2.05) is 55.6 Å². The van der Waals surface area contributed by atoms with Gasteiger partial charge in [0, 0.05) is 23.2 Å². The third kappa shape index (κ3) is 2.88. The van der Waals surface area contributed by atoms with E-state index < -0.39 is 0 Å². The van der Waals surface area contributed by atoms with E-state index in [4.69, 9.17) is 4.52 Å². The van der Waals surface area contributed by atoms with E-state index in [1.165, 1.54) is 0 Å². The molecular weight excluding hydrogens is 328 g/mol. The van der Waals surface area contributed by atoms with Crippen LogP contribution in [0.2, 0.25) is 0 Å². The molecule has 0 amide bonds. The maximum Gasteiger partial charge on any atom is 0.246 e. The Kier molecular flexibility index (Phi) is 4.26. The molecule has 0 bridgehead atoms. The van der Waals surface area contributed by atoms with Gasteiger partial charge in [-0.3, -0.25) is 4.79 Å². The Labute approximate surface area is 150 Å². The number of nitrogens with zero attached hydrogens (tertiary/aromatic N) is 3. The Balaban J connectivity index is 1.83. The topological polar surface area (TPSA) is 73.0 Å². The molecule has 26 heavy (non-hydrogen) atoms. The van der Waals surface area contributed by atoms with Crippen molar-refractivity contribution in [3.8, 4) is 0 Å². The zero-order valence-corrected chi connectivity index (χ0v) is 14.8. The second-order valence-electron chi connectivity index (χ2n) is 6.45. The number of pyridine rings is 1. The molecule has 2 aromatic heterocycles. The average Bonchev–Trinajstić information content (AvgIpc) is 3.12. The Hall–Kier alpha value is -2.99. The van der Waals surface area contributed by atoms with Crippen LogP contribution in [-0.2, 0) is 13.0 Å². The van der Waals surface area contributed by atoms with E-state index in [0.717, 1.165) is 11.0 Å². The number of nitrogens with one attached hydrogen (secondary N) is 1. The molecule has 4 rings (SSSR count). The summed E-state index contributed by atoms with van der Waals surface area (Å²) in [4.78, 5) is 17.3. The lowest BCUT2D eigenvalue weighted by atomic mass is 10.1. The van der Waals surface area contributed by atoms with Crippen LogP contribution in [0.25, 0.3) is 21.8 Å². The zero-order chi connectivity index (χ0) is 18.1. The molecule has 2 aromatic carbocycles. The standard InChI is InChI=1S/C20H20N4O2/c1-13(21-2)11-18-22-19(26-23-18)12-24-16-9-5-3-7-14(16)20(25)15-8-4-6-10-17(15)24/h3-10,13,21H,11-12H2,1-2H3. The van der Waals surface area contributed by atoms with Crippen molar-refractivity contribution in [2.24, 2.45) is 0 Å². The van der Waals surface area contributed by atoms with Crippen LogP contribution in [-0.4, -0.2) is 27.8 Å². The van der Waals surface area contributed by atoms with Gasteiger partial charge in [0.2, 0.25) is 5.89 Å². The minimum absolute atomic E-state index is 0.0431. The van der Waals surface area contributed by atoms with Gasteiger partial charge in [-0.2, -0.15) is 4.98 Å². The molecular formula is C20H20N4O2. The minimum atomic E-state index is 0.0431. The molecule has 0 radical (unpaired) electrons. The summed E-state index contributed by atoms with van der Waals surface area (Å²) in [5, 5.41) is 8.62. The van der Waals surface area contributed by atoms with Gasteiger partial charge in [0.15, 0.2) is 11.3 Å². The second-order valence-corrected chi connectivity index (χ2v) is 6.45. The number of benzene rings is 2. The van der Waals surface area contributed by atoms with Crippen LogP contribution in [0.1, 0.15) is 18.6 Å². The van der Waals surface area contributed by atoms with E-state index in [9.17, 15) is 4.79 Å². The van der Waals surface area contributed by atoms with Crippen molar-refractivity contribution in [2.45, 2.75) is 25.9 Å². The van der Waals surface area contributed by atoms with Crippen molar-refractivity contribution in [2.75, 3.05) is 7.05 Å². The third-order valence-electron chi connectivity index (χ3n) is 4.66. The fourth-order valence-corrected chi connectivity index (χ4v) is 3.20. The van der Waals surface area contributed by atoms with Gasteiger partial charge in [-0.25, -0.2) is 0 Å². The number of rotatable bonds is 5. The average molecular weight is 348 g/mol. The van der Waals surface area contributed by atoms with E-state index in [1.54, 1.807) is 0 Å². The largest absolute Gasteiger partial charge is 0.337 e. The van der Waals surface area contributed by atoms with Crippen LogP contribution in [0.3, 0.4) is 0 Å². The lowest BCUT2D eigenvalue weighted by Crippen LogP contribution is -2.24. The van der Waals surface area contributed by atoms with Crippen LogP contribution in [0.5, 0.6) is 0 Å². The first-order valence-electron chi connectivity index (χ1n) is 8.66. The van der Waals surface area contributed by atoms with Gasteiger partial charge in [-0.15, -0.1) is 0 Å². The number of likely N-dealkylation sites (N-methyl/N-ethyl adjacent to an activating group) is 1. The van der Waals surface area contributed by atoms with Crippen molar-refractivity contribution in [1.29, 1.82) is 0 Å². The second kappa shape index (κ2) is 6.72. The molecule has 1 atom stereocenters. The van der Waals surface area contributed by atoms with Gasteiger partial charge >= 0.3 is 0 Å². The molecule has 2 heterocycles. The van der Waals surface area contributed by atoms with Crippen molar-refractivity contribution in [3.63, 3.8) is 0 Å². The van der Waals surface area contributed by atoms with Crippen LogP contribution >= 0.6 is 0 Å². The van der Waals surface area contributed by atoms with Crippen molar-refractivity contribution in [1.82, 2.24) is 20.0 Å². The lowest BCUT2D eigenvalue weighted by molar-refractivity contribution is 0.366. The predicted octanol–water partition coefficient (Wildman–Crippen LogP) is 2.74. The van der Waals surface area contributed by atoms with E-state index in [0.29, 0.717) is 35.5 Å². The monoisotopic (exact) mass is 348 g/mol. The highest BCUT2D eigenvalue weighted by Crippen LogP contribution is 2.20. The summed E-state index contributed by atoms with van der Waals surface area (Å²) in [7, 11) is 1.91. The normalized spacial score (nSPS) is 12.7. The highest BCUT2D eigenvalue weighted by molar-refractivity contribution is 5.93. The van der Waals surface area contributed by atoms with E-state index >= 15 is 0 Å².